The van der Waals surface area contributed by atoms with Crippen LogP contribution in [0.4, 0.5) is 0 Å². The third kappa shape index (κ3) is 4.76. The first-order valence-electron chi connectivity index (χ1n) is 8.61. The average molecular weight is 394 g/mol. The number of carbonyl (C=O) groups is 4. The van der Waals surface area contributed by atoms with Crippen molar-refractivity contribution >= 4 is 23.8 Å². The first-order valence-corrected chi connectivity index (χ1v) is 8.61. The lowest BCUT2D eigenvalue weighted by Gasteiger charge is -2.26. The van der Waals surface area contributed by atoms with Gasteiger partial charge in [-0.3, -0.25) is 14.4 Å². The van der Waals surface area contributed by atoms with E-state index in [1.165, 1.54) is 33.0 Å². The number of ether oxygens (including phenoxy) is 3. The van der Waals surface area contributed by atoms with Crippen molar-refractivity contribution in [3.05, 3.63) is 23.5 Å². The van der Waals surface area contributed by atoms with E-state index in [1.54, 1.807) is 6.92 Å². The molecule has 10 heteroatoms. The maximum absolute atomic E-state index is 12.4. The number of aromatic hydroxyl groups is 1. The number of aromatic nitrogens is 1. The summed E-state index contributed by atoms with van der Waals surface area (Å²) in [4.78, 5) is 52.2. The summed E-state index contributed by atoms with van der Waals surface area (Å²) in [7, 11) is 0. The highest BCUT2D eigenvalue weighted by atomic mass is 16.6. The molecule has 0 radical (unpaired) electrons. The minimum atomic E-state index is -1.33. The predicted octanol–water partition coefficient (Wildman–Crippen LogP) is 0.250. The van der Waals surface area contributed by atoms with Gasteiger partial charge >= 0.3 is 17.9 Å². The quantitative estimate of drug-likeness (QED) is 0.545. The number of cyclic esters (lactones) is 2. The number of amides is 1. The molecule has 1 fully saturated rings. The number of aryl methyl sites for hydroxylation is 1. The molecule has 4 unspecified atom stereocenters. The van der Waals surface area contributed by atoms with Gasteiger partial charge in [-0.25, -0.2) is 9.78 Å². The molecule has 0 aliphatic carbocycles. The summed E-state index contributed by atoms with van der Waals surface area (Å²) in [5, 5.41) is 12.3. The fraction of sp³-hybridized carbons (Fsp3) is 0.500. The lowest BCUT2D eigenvalue weighted by molar-refractivity contribution is -0.172. The normalized spacial score (nSPS) is 25.4. The van der Waals surface area contributed by atoms with Crippen molar-refractivity contribution in [2.75, 3.05) is 6.61 Å². The summed E-state index contributed by atoms with van der Waals surface area (Å²) in [6.45, 7) is 5.22. The number of nitrogens with one attached hydrogen (secondary N) is 1. The molecule has 2 rings (SSSR count). The van der Waals surface area contributed by atoms with Gasteiger partial charge in [0.25, 0.3) is 5.91 Å². The van der Waals surface area contributed by atoms with E-state index in [0.717, 1.165) is 0 Å². The Bertz CT molecular complexity index is 794. The molecule has 2 N–H and O–H groups in total. The second kappa shape index (κ2) is 8.68. The summed E-state index contributed by atoms with van der Waals surface area (Å²) < 4.78 is 15.4. The summed E-state index contributed by atoms with van der Waals surface area (Å²) in [5.74, 6) is -4.29. The third-order valence-corrected chi connectivity index (χ3v) is 4.25. The molecule has 0 saturated carbocycles. The molecule has 0 aromatic carbocycles. The average Bonchev–Trinajstić information content (AvgIpc) is 2.65. The molecular formula is C18H22N2O8. The second-order valence-corrected chi connectivity index (χ2v) is 6.49. The first-order chi connectivity index (χ1) is 13.1. The molecule has 1 saturated heterocycles. The highest BCUT2D eigenvalue weighted by molar-refractivity contribution is 5.97. The van der Waals surface area contributed by atoms with Crippen molar-refractivity contribution in [3.8, 4) is 5.75 Å². The van der Waals surface area contributed by atoms with E-state index < -0.39 is 54.6 Å². The maximum Gasteiger partial charge on any atom is 0.332 e. The monoisotopic (exact) mass is 394 g/mol. The molecule has 2 heterocycles. The van der Waals surface area contributed by atoms with Gasteiger partial charge in [0.2, 0.25) is 0 Å². The first kappa shape index (κ1) is 21.1. The van der Waals surface area contributed by atoms with Gasteiger partial charge in [0.1, 0.15) is 18.5 Å². The van der Waals surface area contributed by atoms with Gasteiger partial charge in [-0.2, -0.15) is 0 Å². The van der Waals surface area contributed by atoms with E-state index in [9.17, 15) is 24.3 Å². The molecule has 152 valence electrons. The molecule has 0 spiro atoms. The fourth-order valence-electron chi connectivity index (χ4n) is 2.67. The molecule has 4 atom stereocenters. The van der Waals surface area contributed by atoms with E-state index >= 15 is 0 Å². The van der Waals surface area contributed by atoms with Crippen LogP contribution in [0.5, 0.6) is 5.75 Å². The number of carbonyl (C=O) groups excluding carboxylic acids is 4. The Balaban J connectivity index is 2.21. The Labute approximate surface area is 161 Å². The molecule has 1 amide bonds. The Morgan fingerprint density at radius 3 is 2.61 bits per heavy atom. The topological polar surface area (TPSA) is 141 Å². The Morgan fingerprint density at radius 1 is 1.29 bits per heavy atom. The molecule has 1 aromatic heterocycles. The summed E-state index contributed by atoms with van der Waals surface area (Å²) in [6, 6.07) is 0.185. The van der Waals surface area contributed by atoms with E-state index in [2.05, 4.69) is 10.3 Å². The van der Waals surface area contributed by atoms with Crippen molar-refractivity contribution < 1.29 is 38.5 Å². The van der Waals surface area contributed by atoms with Crippen LogP contribution in [-0.4, -0.2) is 58.8 Å². The van der Waals surface area contributed by atoms with Gasteiger partial charge < -0.3 is 24.6 Å². The van der Waals surface area contributed by atoms with Crippen LogP contribution >= 0.6 is 0 Å². The number of hydrogen-bond acceptors (Lipinski definition) is 9. The van der Waals surface area contributed by atoms with E-state index in [4.69, 9.17) is 14.2 Å². The van der Waals surface area contributed by atoms with Crippen molar-refractivity contribution in [1.29, 1.82) is 0 Å². The van der Waals surface area contributed by atoms with Crippen molar-refractivity contribution in [2.24, 2.45) is 5.92 Å². The van der Waals surface area contributed by atoms with Crippen LogP contribution in [0.25, 0.3) is 0 Å². The predicted molar refractivity (Wildman–Crippen MR) is 93.1 cm³/mol. The van der Waals surface area contributed by atoms with Crippen LogP contribution in [0.15, 0.2) is 12.3 Å². The van der Waals surface area contributed by atoms with Gasteiger partial charge in [0.15, 0.2) is 17.8 Å². The Kier molecular flexibility index (Phi) is 6.55. The standard InChI is InChI=1S/C18H22N2O8/c1-8-5-6-19-13(14(8)22)16(23)20-12-7-26-17(24)9(2)15(28-11(4)21)10(3)27-18(12)25/h5-6,9-10,12,15,22H,7H2,1-4H3,(H,20,23). The van der Waals surface area contributed by atoms with Crippen LogP contribution in [0.3, 0.4) is 0 Å². The van der Waals surface area contributed by atoms with E-state index in [-0.39, 0.29) is 11.4 Å². The van der Waals surface area contributed by atoms with Crippen LogP contribution < -0.4 is 5.32 Å². The third-order valence-electron chi connectivity index (χ3n) is 4.25. The number of rotatable bonds is 3. The van der Waals surface area contributed by atoms with Crippen molar-refractivity contribution in [1.82, 2.24) is 10.3 Å². The zero-order chi connectivity index (χ0) is 21.0. The molecule has 1 aromatic rings. The Hall–Kier alpha value is -3.17. The van der Waals surface area contributed by atoms with Crippen molar-refractivity contribution in [2.45, 2.75) is 45.9 Å². The molecule has 1 aliphatic heterocycles. The molecule has 28 heavy (non-hydrogen) atoms. The van der Waals surface area contributed by atoms with E-state index in [1.807, 2.05) is 0 Å². The van der Waals surface area contributed by atoms with E-state index in [0.29, 0.717) is 5.56 Å². The lowest BCUT2D eigenvalue weighted by atomic mass is 10.0. The number of nitrogens with zero attached hydrogens (tertiary/aromatic N) is 1. The molecule has 1 aliphatic rings. The lowest BCUT2D eigenvalue weighted by Crippen LogP contribution is -2.46. The zero-order valence-corrected chi connectivity index (χ0v) is 15.9. The number of pyridine rings is 1. The van der Waals surface area contributed by atoms with Gasteiger partial charge in [-0.1, -0.05) is 0 Å². The maximum atomic E-state index is 12.4. The van der Waals surface area contributed by atoms with Crippen LogP contribution in [-0.2, 0) is 28.6 Å². The van der Waals surface area contributed by atoms with Crippen LogP contribution in [0.2, 0.25) is 0 Å². The zero-order valence-electron chi connectivity index (χ0n) is 15.9. The fourth-order valence-corrected chi connectivity index (χ4v) is 2.67. The van der Waals surface area contributed by atoms with Crippen LogP contribution in [0, 0.1) is 12.8 Å². The molecule has 0 bridgehead atoms. The highest BCUT2D eigenvalue weighted by Crippen LogP contribution is 2.21. The smallest absolute Gasteiger partial charge is 0.332 e. The molecular weight excluding hydrogens is 372 g/mol. The van der Waals surface area contributed by atoms with Gasteiger partial charge in [-0.05, 0) is 32.4 Å². The highest BCUT2D eigenvalue weighted by Gasteiger charge is 2.39. The van der Waals surface area contributed by atoms with Gasteiger partial charge in [0.05, 0.1) is 5.92 Å². The number of esters is 3. The minimum Gasteiger partial charge on any atom is -0.505 e. The van der Waals surface area contributed by atoms with Gasteiger partial charge in [0, 0.05) is 13.1 Å². The second-order valence-electron chi connectivity index (χ2n) is 6.49. The molecule has 10 nitrogen and oxygen atoms in total. The largest absolute Gasteiger partial charge is 0.505 e. The SMILES string of the molecule is CC(=O)OC1C(C)OC(=O)C(NC(=O)c2nccc(C)c2O)COC(=O)C1C. The van der Waals surface area contributed by atoms with Crippen molar-refractivity contribution in [3.63, 3.8) is 0 Å². The summed E-state index contributed by atoms with van der Waals surface area (Å²) in [5.41, 5.74) is 0.147. The Morgan fingerprint density at radius 2 is 1.96 bits per heavy atom. The van der Waals surface area contributed by atoms with Gasteiger partial charge in [-0.15, -0.1) is 0 Å². The van der Waals surface area contributed by atoms with Crippen LogP contribution in [0.1, 0.15) is 36.8 Å². The summed E-state index contributed by atoms with van der Waals surface area (Å²) >= 11 is 0. The summed E-state index contributed by atoms with van der Waals surface area (Å²) in [6.07, 6.45) is -0.660. The minimum absolute atomic E-state index is 0.279. The number of hydrogen-bond donors (Lipinski definition) is 2.